The Balaban J connectivity index is 2.33. The summed E-state index contributed by atoms with van der Waals surface area (Å²) in [5.74, 6) is 1.71. The minimum atomic E-state index is 0.257. The van der Waals surface area contributed by atoms with E-state index in [1.165, 1.54) is 0 Å². The van der Waals surface area contributed by atoms with Gasteiger partial charge < -0.3 is 25.2 Å². The molecule has 6 heteroatoms. The van der Waals surface area contributed by atoms with E-state index in [9.17, 15) is 5.11 Å². The van der Waals surface area contributed by atoms with Crippen LogP contribution < -0.4 is 15.4 Å². The molecule has 1 aromatic carbocycles. The number of hydrogen-bond donors (Lipinski definition) is 3. The summed E-state index contributed by atoms with van der Waals surface area (Å²) in [4.78, 5) is 4.54. The molecule has 1 rings (SSSR count). The van der Waals surface area contributed by atoms with Crippen LogP contribution in [0.25, 0.3) is 0 Å². The van der Waals surface area contributed by atoms with Gasteiger partial charge in [-0.05, 0) is 37.8 Å². The molecule has 6 nitrogen and oxygen atoms in total. The Hall–Kier alpha value is -1.95. The van der Waals surface area contributed by atoms with Crippen LogP contribution in [0.2, 0.25) is 0 Å². The normalized spacial score (nSPS) is 11.4. The van der Waals surface area contributed by atoms with Crippen LogP contribution >= 0.6 is 0 Å². The molecule has 0 heterocycles. The molecule has 25 heavy (non-hydrogen) atoms. The summed E-state index contributed by atoms with van der Waals surface area (Å²) < 4.78 is 10.6. The number of benzene rings is 1. The number of hydrogen-bond acceptors (Lipinski definition) is 4. The molecule has 0 aromatic heterocycles. The van der Waals surface area contributed by atoms with Crippen molar-refractivity contribution >= 4 is 5.96 Å². The number of rotatable bonds is 12. The van der Waals surface area contributed by atoms with Gasteiger partial charge in [0.05, 0.1) is 7.11 Å². The third-order valence-electron chi connectivity index (χ3n) is 3.68. The lowest BCUT2D eigenvalue weighted by molar-refractivity contribution is 0.130. The number of guanidine groups is 1. The number of nitrogens with zero attached hydrogens (tertiary/aromatic N) is 1. The van der Waals surface area contributed by atoms with E-state index in [2.05, 4.69) is 22.5 Å². The molecule has 142 valence electrons. The number of aromatic hydroxyl groups is 1. The van der Waals surface area contributed by atoms with Crippen molar-refractivity contribution in [3.8, 4) is 11.5 Å². The Bertz CT molecular complexity index is 507. The lowest BCUT2D eigenvalue weighted by atomic mass is 10.1. The summed E-state index contributed by atoms with van der Waals surface area (Å²) in [7, 11) is 1.59. The maximum Gasteiger partial charge on any atom is 0.191 e. The highest BCUT2D eigenvalue weighted by Crippen LogP contribution is 2.23. The number of nitrogens with one attached hydrogen (secondary N) is 2. The third-order valence-corrected chi connectivity index (χ3v) is 3.68. The van der Waals surface area contributed by atoms with E-state index in [-0.39, 0.29) is 5.75 Å². The quantitative estimate of drug-likeness (QED) is 0.307. The van der Waals surface area contributed by atoms with Crippen LogP contribution in [0.5, 0.6) is 11.5 Å². The van der Waals surface area contributed by atoms with Gasteiger partial charge in [0.25, 0.3) is 0 Å². The monoisotopic (exact) mass is 351 g/mol. The molecule has 0 aliphatic rings. The predicted molar refractivity (Wildman–Crippen MR) is 103 cm³/mol. The number of aliphatic imine (C=N–C) groups is 1. The Morgan fingerprint density at radius 1 is 1.16 bits per heavy atom. The topological polar surface area (TPSA) is 75.1 Å². The number of methoxy groups -OCH3 is 1. The number of phenols is 1. The lowest BCUT2D eigenvalue weighted by Gasteiger charge is -2.12. The molecule has 0 amide bonds. The molecule has 0 saturated carbocycles. The molecule has 0 unspecified atom stereocenters. The summed E-state index contributed by atoms with van der Waals surface area (Å²) in [6.07, 6.45) is 3.90. The van der Waals surface area contributed by atoms with E-state index in [0.29, 0.717) is 18.7 Å². The first kappa shape index (κ1) is 21.1. The molecular formula is C19H33N3O3. The SMILES string of the molecule is CCCCOCCCN=C(NCC)NCCc1ccc(OC)cc1O. The van der Waals surface area contributed by atoms with E-state index in [1.807, 2.05) is 19.1 Å². The van der Waals surface area contributed by atoms with Crippen LogP contribution in [0.1, 0.15) is 38.7 Å². The Kier molecular flexibility index (Phi) is 11.3. The van der Waals surface area contributed by atoms with E-state index in [4.69, 9.17) is 9.47 Å². The van der Waals surface area contributed by atoms with Gasteiger partial charge in [0.2, 0.25) is 0 Å². The van der Waals surface area contributed by atoms with E-state index in [1.54, 1.807) is 13.2 Å². The largest absolute Gasteiger partial charge is 0.508 e. The number of phenolic OH excluding ortho intramolecular Hbond substituents is 1. The smallest absolute Gasteiger partial charge is 0.191 e. The van der Waals surface area contributed by atoms with Crippen molar-refractivity contribution in [2.24, 2.45) is 4.99 Å². The number of unbranched alkanes of at least 4 members (excludes halogenated alkanes) is 1. The van der Waals surface area contributed by atoms with Crippen LogP contribution in [0.15, 0.2) is 23.2 Å². The molecular weight excluding hydrogens is 318 g/mol. The molecule has 1 aromatic rings. The fraction of sp³-hybridized carbons (Fsp3) is 0.632. The first-order chi connectivity index (χ1) is 12.2. The van der Waals surface area contributed by atoms with Gasteiger partial charge in [0.15, 0.2) is 5.96 Å². The summed E-state index contributed by atoms with van der Waals surface area (Å²) >= 11 is 0. The maximum atomic E-state index is 9.99. The third kappa shape index (κ3) is 9.19. The molecule has 0 atom stereocenters. The van der Waals surface area contributed by atoms with Crippen LogP contribution in [0, 0.1) is 0 Å². The van der Waals surface area contributed by atoms with Gasteiger partial charge in [-0.3, -0.25) is 4.99 Å². The van der Waals surface area contributed by atoms with Crippen LogP contribution in [-0.2, 0) is 11.2 Å². The van der Waals surface area contributed by atoms with Crippen molar-refractivity contribution in [3.63, 3.8) is 0 Å². The second kappa shape index (κ2) is 13.4. The molecule has 0 aliphatic heterocycles. The summed E-state index contributed by atoms with van der Waals surface area (Å²) in [5.41, 5.74) is 0.883. The standard InChI is InChI=1S/C19H33N3O3/c1-4-6-13-25-14-7-11-21-19(20-5-2)22-12-10-16-8-9-17(24-3)15-18(16)23/h8-9,15,23H,4-7,10-14H2,1-3H3,(H2,20,21,22). The first-order valence-electron chi connectivity index (χ1n) is 9.17. The highest BCUT2D eigenvalue weighted by Gasteiger charge is 2.04. The van der Waals surface area contributed by atoms with Crippen LogP contribution in [0.4, 0.5) is 0 Å². The molecule has 0 radical (unpaired) electrons. The minimum absolute atomic E-state index is 0.257. The van der Waals surface area contributed by atoms with Crippen molar-refractivity contribution in [3.05, 3.63) is 23.8 Å². The Labute approximate surface area is 151 Å². The predicted octanol–water partition coefficient (Wildman–Crippen LogP) is 2.71. The average Bonchev–Trinajstić information content (AvgIpc) is 2.62. The Morgan fingerprint density at radius 2 is 1.96 bits per heavy atom. The highest BCUT2D eigenvalue weighted by molar-refractivity contribution is 5.79. The van der Waals surface area contributed by atoms with Crippen molar-refractivity contribution < 1.29 is 14.6 Å². The van der Waals surface area contributed by atoms with Crippen molar-refractivity contribution in [2.75, 3.05) is 40.0 Å². The van der Waals surface area contributed by atoms with Gasteiger partial charge in [-0.15, -0.1) is 0 Å². The van der Waals surface area contributed by atoms with Crippen molar-refractivity contribution in [2.45, 2.75) is 39.5 Å². The molecule has 0 bridgehead atoms. The summed E-state index contributed by atoms with van der Waals surface area (Å²) in [6.45, 7) is 8.03. The van der Waals surface area contributed by atoms with Gasteiger partial charge in [0.1, 0.15) is 11.5 Å². The van der Waals surface area contributed by atoms with Gasteiger partial charge in [-0.2, -0.15) is 0 Å². The molecule has 0 fully saturated rings. The average molecular weight is 351 g/mol. The van der Waals surface area contributed by atoms with Crippen molar-refractivity contribution in [1.82, 2.24) is 10.6 Å². The van der Waals surface area contributed by atoms with E-state index >= 15 is 0 Å². The minimum Gasteiger partial charge on any atom is -0.508 e. The fourth-order valence-electron chi connectivity index (χ4n) is 2.25. The fourth-order valence-corrected chi connectivity index (χ4v) is 2.25. The summed E-state index contributed by atoms with van der Waals surface area (Å²) in [6, 6.07) is 5.37. The second-order valence-electron chi connectivity index (χ2n) is 5.75. The maximum absolute atomic E-state index is 9.99. The zero-order valence-electron chi connectivity index (χ0n) is 15.8. The first-order valence-corrected chi connectivity index (χ1v) is 9.17. The van der Waals surface area contributed by atoms with Gasteiger partial charge in [-0.25, -0.2) is 0 Å². The summed E-state index contributed by atoms with van der Waals surface area (Å²) in [5, 5.41) is 16.5. The van der Waals surface area contributed by atoms with Gasteiger partial charge >= 0.3 is 0 Å². The molecule has 3 N–H and O–H groups in total. The molecule has 0 aliphatic carbocycles. The Morgan fingerprint density at radius 3 is 2.64 bits per heavy atom. The van der Waals surface area contributed by atoms with Crippen molar-refractivity contribution in [1.29, 1.82) is 0 Å². The van der Waals surface area contributed by atoms with Crippen LogP contribution in [0.3, 0.4) is 0 Å². The van der Waals surface area contributed by atoms with E-state index in [0.717, 1.165) is 57.1 Å². The zero-order valence-corrected chi connectivity index (χ0v) is 15.8. The highest BCUT2D eigenvalue weighted by atomic mass is 16.5. The zero-order chi connectivity index (χ0) is 18.3. The van der Waals surface area contributed by atoms with E-state index < -0.39 is 0 Å². The molecule has 0 spiro atoms. The van der Waals surface area contributed by atoms with Crippen LogP contribution in [-0.4, -0.2) is 51.0 Å². The second-order valence-corrected chi connectivity index (χ2v) is 5.75. The van der Waals surface area contributed by atoms with Gasteiger partial charge in [-0.1, -0.05) is 19.4 Å². The number of ether oxygens (including phenoxy) is 2. The molecule has 0 saturated heterocycles. The lowest BCUT2D eigenvalue weighted by Crippen LogP contribution is -2.38. The van der Waals surface area contributed by atoms with Gasteiger partial charge in [0, 0.05) is 38.9 Å².